The molecule has 0 aliphatic carbocycles. The second-order valence-corrected chi connectivity index (χ2v) is 5.16. The Hall–Kier alpha value is -2.93. The van der Waals surface area contributed by atoms with Crippen molar-refractivity contribution in [3.63, 3.8) is 0 Å². The van der Waals surface area contributed by atoms with Crippen LogP contribution >= 0.6 is 0 Å². The molecule has 2 N–H and O–H groups in total. The number of hydrogen-bond acceptors (Lipinski definition) is 5. The number of benzene rings is 1. The summed E-state index contributed by atoms with van der Waals surface area (Å²) in [6.07, 6.45) is 0.705. The monoisotopic (exact) mass is 343 g/mol. The quantitative estimate of drug-likeness (QED) is 0.717. The number of nitrogens with one attached hydrogen (secondary N) is 2. The van der Waals surface area contributed by atoms with Crippen LogP contribution in [0.4, 0.5) is 5.69 Å². The van der Waals surface area contributed by atoms with Crippen LogP contribution in [0.1, 0.15) is 27.4 Å². The van der Waals surface area contributed by atoms with E-state index in [0.29, 0.717) is 31.0 Å². The summed E-state index contributed by atoms with van der Waals surface area (Å²) < 4.78 is 10.1. The van der Waals surface area contributed by atoms with Gasteiger partial charge < -0.3 is 20.1 Å². The lowest BCUT2D eigenvalue weighted by atomic mass is 10.2. The van der Waals surface area contributed by atoms with Gasteiger partial charge in [0.2, 0.25) is 0 Å². The average molecular weight is 343 g/mol. The van der Waals surface area contributed by atoms with E-state index in [4.69, 9.17) is 9.47 Å². The molecule has 0 bridgehead atoms. The van der Waals surface area contributed by atoms with Gasteiger partial charge in [-0.05, 0) is 30.7 Å². The molecule has 0 fully saturated rings. The summed E-state index contributed by atoms with van der Waals surface area (Å²) in [5.74, 6) is -0.204. The lowest BCUT2D eigenvalue weighted by molar-refractivity contribution is 0.0943. The normalized spacial score (nSPS) is 10.2. The van der Waals surface area contributed by atoms with Crippen LogP contribution in [0, 0.1) is 0 Å². The van der Waals surface area contributed by atoms with Crippen molar-refractivity contribution in [1.29, 1.82) is 0 Å². The van der Waals surface area contributed by atoms with Crippen LogP contribution < -0.4 is 15.4 Å². The first kappa shape index (κ1) is 18.4. The maximum Gasteiger partial charge on any atom is 0.274 e. The van der Waals surface area contributed by atoms with Crippen molar-refractivity contribution in [2.45, 2.75) is 6.42 Å². The molecule has 0 atom stereocenters. The first-order valence-corrected chi connectivity index (χ1v) is 7.84. The van der Waals surface area contributed by atoms with E-state index < -0.39 is 5.91 Å². The van der Waals surface area contributed by atoms with Crippen LogP contribution in [-0.2, 0) is 4.74 Å². The van der Waals surface area contributed by atoms with E-state index in [-0.39, 0.29) is 17.3 Å². The van der Waals surface area contributed by atoms with E-state index >= 15 is 0 Å². The molecule has 1 aromatic carbocycles. The third-order valence-corrected chi connectivity index (χ3v) is 3.38. The molecule has 0 saturated heterocycles. The molecular weight excluding hydrogens is 322 g/mol. The first-order valence-electron chi connectivity index (χ1n) is 7.84. The highest BCUT2D eigenvalue weighted by Crippen LogP contribution is 2.23. The van der Waals surface area contributed by atoms with E-state index in [1.165, 1.54) is 7.11 Å². The third-order valence-electron chi connectivity index (χ3n) is 3.38. The topological polar surface area (TPSA) is 89.5 Å². The predicted octanol–water partition coefficient (Wildman–Crippen LogP) is 2.11. The lowest BCUT2D eigenvalue weighted by Gasteiger charge is -2.10. The molecule has 0 spiro atoms. The van der Waals surface area contributed by atoms with Gasteiger partial charge in [-0.3, -0.25) is 9.59 Å². The van der Waals surface area contributed by atoms with Gasteiger partial charge in [-0.15, -0.1) is 0 Å². The highest BCUT2D eigenvalue weighted by molar-refractivity contribution is 6.04. The van der Waals surface area contributed by atoms with Crippen molar-refractivity contribution >= 4 is 17.5 Å². The second-order valence-electron chi connectivity index (χ2n) is 5.16. The van der Waals surface area contributed by atoms with Gasteiger partial charge in [0, 0.05) is 20.3 Å². The van der Waals surface area contributed by atoms with Crippen molar-refractivity contribution in [3.8, 4) is 5.75 Å². The van der Waals surface area contributed by atoms with E-state index in [2.05, 4.69) is 15.6 Å². The Balaban J connectivity index is 2.04. The van der Waals surface area contributed by atoms with Gasteiger partial charge >= 0.3 is 0 Å². The number of carbonyl (C=O) groups is 2. The summed E-state index contributed by atoms with van der Waals surface area (Å²) in [5, 5.41) is 5.46. The number of ether oxygens (including phenoxy) is 2. The number of nitrogens with zero attached hydrogens (tertiary/aromatic N) is 1. The molecule has 132 valence electrons. The Kier molecular flexibility index (Phi) is 6.91. The van der Waals surface area contributed by atoms with Gasteiger partial charge in [0.05, 0.1) is 12.8 Å². The van der Waals surface area contributed by atoms with E-state index in [0.717, 1.165) is 0 Å². The minimum absolute atomic E-state index is 0.149. The zero-order valence-electron chi connectivity index (χ0n) is 14.2. The fraction of sp³-hybridized carbons (Fsp3) is 0.278. The summed E-state index contributed by atoms with van der Waals surface area (Å²) in [6.45, 7) is 1.04. The van der Waals surface area contributed by atoms with Crippen LogP contribution in [0.3, 0.4) is 0 Å². The first-order chi connectivity index (χ1) is 12.2. The van der Waals surface area contributed by atoms with Crippen molar-refractivity contribution in [2.24, 2.45) is 0 Å². The Bertz CT molecular complexity index is 734. The maximum atomic E-state index is 12.4. The number of rotatable bonds is 8. The Labute approximate surface area is 146 Å². The zero-order valence-corrected chi connectivity index (χ0v) is 14.2. The van der Waals surface area contributed by atoms with E-state index in [9.17, 15) is 9.59 Å². The van der Waals surface area contributed by atoms with E-state index in [1.54, 1.807) is 49.6 Å². The summed E-state index contributed by atoms with van der Waals surface area (Å²) in [5.41, 5.74) is 0.867. The number of aromatic nitrogens is 1. The molecule has 1 aromatic heterocycles. The molecule has 25 heavy (non-hydrogen) atoms. The molecule has 0 aliphatic rings. The van der Waals surface area contributed by atoms with Gasteiger partial charge in [-0.2, -0.15) is 0 Å². The van der Waals surface area contributed by atoms with Crippen molar-refractivity contribution < 1.29 is 19.1 Å². The van der Waals surface area contributed by atoms with Gasteiger partial charge in [0.1, 0.15) is 17.1 Å². The summed E-state index contributed by atoms with van der Waals surface area (Å²) in [7, 11) is 3.13. The maximum absolute atomic E-state index is 12.4. The Morgan fingerprint density at radius 1 is 1.00 bits per heavy atom. The summed E-state index contributed by atoms with van der Waals surface area (Å²) in [4.78, 5) is 28.6. The number of pyridine rings is 1. The van der Waals surface area contributed by atoms with Crippen LogP contribution in [0.2, 0.25) is 0 Å². The molecular formula is C18H21N3O4. The van der Waals surface area contributed by atoms with Gasteiger partial charge in [-0.25, -0.2) is 4.98 Å². The molecule has 2 aromatic rings. The number of anilines is 1. The van der Waals surface area contributed by atoms with Crippen molar-refractivity contribution in [1.82, 2.24) is 10.3 Å². The Morgan fingerprint density at radius 2 is 1.72 bits per heavy atom. The van der Waals surface area contributed by atoms with Crippen molar-refractivity contribution in [2.75, 3.05) is 32.7 Å². The van der Waals surface area contributed by atoms with E-state index in [1.807, 2.05) is 0 Å². The Morgan fingerprint density at radius 3 is 2.44 bits per heavy atom. The zero-order chi connectivity index (χ0) is 18.1. The van der Waals surface area contributed by atoms with Gasteiger partial charge in [-0.1, -0.05) is 18.2 Å². The smallest absolute Gasteiger partial charge is 0.274 e. The van der Waals surface area contributed by atoms with Crippen LogP contribution in [0.25, 0.3) is 0 Å². The highest BCUT2D eigenvalue weighted by atomic mass is 16.5. The molecule has 7 nitrogen and oxygen atoms in total. The van der Waals surface area contributed by atoms with Crippen LogP contribution in [0.5, 0.6) is 5.75 Å². The molecule has 1 heterocycles. The number of para-hydroxylation sites is 2. The third kappa shape index (κ3) is 5.29. The molecule has 2 amide bonds. The van der Waals surface area contributed by atoms with Crippen LogP contribution in [-0.4, -0.2) is 44.2 Å². The second kappa shape index (κ2) is 9.39. The number of amides is 2. The fourth-order valence-electron chi connectivity index (χ4n) is 2.13. The predicted molar refractivity (Wildman–Crippen MR) is 94.0 cm³/mol. The SMILES string of the molecule is COCCCNC(=O)c1cccc(C(=O)Nc2ccccc2OC)n1. The highest BCUT2D eigenvalue weighted by Gasteiger charge is 2.13. The number of carbonyl (C=O) groups excluding carboxylic acids is 2. The molecule has 2 rings (SSSR count). The molecule has 0 radical (unpaired) electrons. The molecule has 0 unspecified atom stereocenters. The van der Waals surface area contributed by atoms with Crippen LogP contribution in [0.15, 0.2) is 42.5 Å². The summed E-state index contributed by atoms with van der Waals surface area (Å²) >= 11 is 0. The molecule has 0 aliphatic heterocycles. The minimum Gasteiger partial charge on any atom is -0.495 e. The fourth-order valence-corrected chi connectivity index (χ4v) is 2.13. The number of methoxy groups -OCH3 is 2. The average Bonchev–Trinajstić information content (AvgIpc) is 2.65. The lowest BCUT2D eigenvalue weighted by Crippen LogP contribution is -2.27. The largest absolute Gasteiger partial charge is 0.495 e. The van der Waals surface area contributed by atoms with Crippen molar-refractivity contribution in [3.05, 3.63) is 53.9 Å². The van der Waals surface area contributed by atoms with Gasteiger partial charge in [0.15, 0.2) is 0 Å². The molecule has 7 heteroatoms. The minimum atomic E-state index is -0.418. The summed E-state index contributed by atoms with van der Waals surface area (Å²) in [6, 6.07) is 11.8. The number of hydrogen-bond donors (Lipinski definition) is 2. The van der Waals surface area contributed by atoms with Gasteiger partial charge in [0.25, 0.3) is 11.8 Å². The molecule has 0 saturated carbocycles. The standard InChI is InChI=1S/C18H21N3O4/c1-24-12-6-11-19-17(22)14-8-5-9-15(20-14)18(23)21-13-7-3-4-10-16(13)25-2/h3-5,7-10H,6,11-12H2,1-2H3,(H,19,22)(H,21,23).